The van der Waals surface area contributed by atoms with Crippen LogP contribution in [0.4, 0.5) is 11.4 Å². The van der Waals surface area contributed by atoms with Crippen LogP contribution in [0.1, 0.15) is 24.0 Å². The second-order valence-electron chi connectivity index (χ2n) is 6.69. The Kier molecular flexibility index (Phi) is 4.27. The highest BCUT2D eigenvalue weighted by Gasteiger charge is 2.32. The number of thiophene rings is 1. The normalized spacial score (nSPS) is 21.9. The summed E-state index contributed by atoms with van der Waals surface area (Å²) in [7, 11) is 0. The standard InChI is InChI=1S/C20H23N3OS/c1-14-4-3-8-22(14)18-6-2-5-16-10-17(21)19(12-24)23(20(16)18)11-15-7-9-25-13-15/h2,5-7,9,12-13,17,24H,1,3-4,8,10-11,21H2. The molecule has 2 aliphatic rings. The van der Waals surface area contributed by atoms with Gasteiger partial charge in [-0.15, -0.1) is 0 Å². The fourth-order valence-electron chi connectivity index (χ4n) is 3.87. The average Bonchev–Trinajstić information content (AvgIpc) is 3.26. The van der Waals surface area contributed by atoms with E-state index in [1.54, 1.807) is 11.3 Å². The van der Waals surface area contributed by atoms with Gasteiger partial charge in [0.2, 0.25) is 0 Å². The summed E-state index contributed by atoms with van der Waals surface area (Å²) in [5.74, 6) is 0. The predicted octanol–water partition coefficient (Wildman–Crippen LogP) is 4.15. The Morgan fingerprint density at radius 1 is 1.36 bits per heavy atom. The van der Waals surface area contributed by atoms with E-state index in [9.17, 15) is 5.11 Å². The van der Waals surface area contributed by atoms with Crippen molar-refractivity contribution in [3.63, 3.8) is 0 Å². The molecule has 1 aromatic heterocycles. The van der Waals surface area contributed by atoms with Gasteiger partial charge in [-0.2, -0.15) is 11.3 Å². The number of aliphatic hydroxyl groups is 1. The Morgan fingerprint density at radius 2 is 2.24 bits per heavy atom. The van der Waals surface area contributed by atoms with Crippen molar-refractivity contribution in [1.82, 2.24) is 0 Å². The van der Waals surface area contributed by atoms with Crippen molar-refractivity contribution >= 4 is 22.7 Å². The lowest BCUT2D eigenvalue weighted by molar-refractivity contribution is 0.454. The smallest absolute Gasteiger partial charge is 0.100 e. The summed E-state index contributed by atoms with van der Waals surface area (Å²) in [5, 5.41) is 14.1. The van der Waals surface area contributed by atoms with E-state index in [1.165, 1.54) is 23.1 Å². The number of rotatable bonds is 3. The minimum absolute atomic E-state index is 0.201. The molecule has 0 amide bonds. The third-order valence-electron chi connectivity index (χ3n) is 5.07. The zero-order valence-corrected chi connectivity index (χ0v) is 15.0. The molecule has 4 nitrogen and oxygen atoms in total. The number of hydrogen-bond acceptors (Lipinski definition) is 5. The summed E-state index contributed by atoms with van der Waals surface area (Å²) in [6.07, 6.45) is 4.08. The molecule has 1 fully saturated rings. The van der Waals surface area contributed by atoms with Crippen molar-refractivity contribution in [2.45, 2.75) is 31.8 Å². The van der Waals surface area contributed by atoms with Crippen LogP contribution in [0, 0.1) is 0 Å². The van der Waals surface area contributed by atoms with Gasteiger partial charge in [-0.1, -0.05) is 18.7 Å². The molecule has 0 saturated carbocycles. The van der Waals surface area contributed by atoms with Crippen molar-refractivity contribution in [3.8, 4) is 0 Å². The molecule has 5 heteroatoms. The summed E-state index contributed by atoms with van der Waals surface area (Å²) < 4.78 is 0. The quantitative estimate of drug-likeness (QED) is 0.814. The number of allylic oxidation sites excluding steroid dienone is 1. The van der Waals surface area contributed by atoms with Gasteiger partial charge in [-0.25, -0.2) is 0 Å². The lowest BCUT2D eigenvalue weighted by Crippen LogP contribution is -2.41. The molecule has 0 radical (unpaired) electrons. The maximum absolute atomic E-state index is 9.88. The number of fused-ring (bicyclic) bond motifs is 1. The molecule has 3 N–H and O–H groups in total. The molecule has 0 spiro atoms. The number of nitrogens with two attached hydrogens (primary N) is 1. The van der Waals surface area contributed by atoms with Crippen molar-refractivity contribution in [2.24, 2.45) is 5.73 Å². The number of anilines is 2. The number of nitrogens with zero attached hydrogens (tertiary/aromatic N) is 2. The lowest BCUT2D eigenvalue weighted by atomic mass is 9.94. The van der Waals surface area contributed by atoms with Crippen LogP contribution in [0.25, 0.3) is 0 Å². The van der Waals surface area contributed by atoms with E-state index in [-0.39, 0.29) is 6.04 Å². The molecule has 1 atom stereocenters. The van der Waals surface area contributed by atoms with Gasteiger partial charge in [0.15, 0.2) is 0 Å². The van der Waals surface area contributed by atoms with Crippen LogP contribution in [0.2, 0.25) is 0 Å². The number of benzene rings is 1. The number of aliphatic hydroxyl groups excluding tert-OH is 1. The van der Waals surface area contributed by atoms with Crippen LogP contribution >= 0.6 is 11.3 Å². The van der Waals surface area contributed by atoms with Crippen LogP contribution in [0.5, 0.6) is 0 Å². The molecule has 4 rings (SSSR count). The first-order valence-corrected chi connectivity index (χ1v) is 9.59. The van der Waals surface area contributed by atoms with E-state index in [1.807, 2.05) is 0 Å². The Hall–Kier alpha value is -2.24. The van der Waals surface area contributed by atoms with Crippen LogP contribution in [0.15, 0.2) is 59.3 Å². The molecule has 1 saturated heterocycles. The van der Waals surface area contributed by atoms with Crippen LogP contribution in [-0.4, -0.2) is 17.7 Å². The highest BCUT2D eigenvalue weighted by molar-refractivity contribution is 7.07. The Bertz CT molecular complexity index is 812. The SMILES string of the molecule is C=C1CCCN1c1cccc2c1N(Cc1ccsc1)C(=CO)C(N)C2. The first-order chi connectivity index (χ1) is 12.2. The van der Waals surface area contributed by atoms with Gasteiger partial charge in [0.1, 0.15) is 6.26 Å². The zero-order valence-electron chi connectivity index (χ0n) is 14.2. The molecule has 2 aromatic rings. The van der Waals surface area contributed by atoms with E-state index in [2.05, 4.69) is 51.4 Å². The van der Waals surface area contributed by atoms with E-state index in [4.69, 9.17) is 5.73 Å². The zero-order chi connectivity index (χ0) is 17.4. The summed E-state index contributed by atoms with van der Waals surface area (Å²) >= 11 is 1.68. The highest BCUT2D eigenvalue weighted by Crippen LogP contribution is 2.43. The van der Waals surface area contributed by atoms with E-state index in [0.29, 0.717) is 6.54 Å². The van der Waals surface area contributed by atoms with E-state index < -0.39 is 0 Å². The molecule has 130 valence electrons. The van der Waals surface area contributed by atoms with Gasteiger partial charge in [-0.05, 0) is 53.3 Å². The summed E-state index contributed by atoms with van der Waals surface area (Å²) in [4.78, 5) is 4.48. The van der Waals surface area contributed by atoms with Gasteiger partial charge in [0, 0.05) is 18.8 Å². The second kappa shape index (κ2) is 6.58. The monoisotopic (exact) mass is 353 g/mol. The van der Waals surface area contributed by atoms with Crippen LogP contribution in [0.3, 0.4) is 0 Å². The molecule has 0 bridgehead atoms. The Balaban J connectivity index is 1.84. The van der Waals surface area contributed by atoms with Gasteiger partial charge < -0.3 is 20.6 Å². The molecule has 2 aliphatic heterocycles. The average molecular weight is 353 g/mol. The first kappa shape index (κ1) is 16.2. The molecular weight excluding hydrogens is 330 g/mol. The largest absolute Gasteiger partial charge is 0.514 e. The van der Waals surface area contributed by atoms with Gasteiger partial charge in [0.05, 0.1) is 23.1 Å². The maximum atomic E-state index is 9.88. The molecule has 3 heterocycles. The van der Waals surface area contributed by atoms with E-state index in [0.717, 1.165) is 42.9 Å². The third-order valence-corrected chi connectivity index (χ3v) is 5.80. The Morgan fingerprint density at radius 3 is 2.92 bits per heavy atom. The van der Waals surface area contributed by atoms with Crippen molar-refractivity contribution in [1.29, 1.82) is 0 Å². The van der Waals surface area contributed by atoms with E-state index >= 15 is 0 Å². The molecule has 0 aliphatic carbocycles. The molecule has 1 unspecified atom stereocenters. The van der Waals surface area contributed by atoms with Gasteiger partial charge in [-0.3, -0.25) is 0 Å². The summed E-state index contributed by atoms with van der Waals surface area (Å²) in [6, 6.07) is 8.32. The lowest BCUT2D eigenvalue weighted by Gasteiger charge is -2.39. The van der Waals surface area contributed by atoms with Gasteiger partial charge >= 0.3 is 0 Å². The first-order valence-electron chi connectivity index (χ1n) is 8.64. The molecular formula is C20H23N3OS. The van der Waals surface area contributed by atoms with Crippen LogP contribution < -0.4 is 15.5 Å². The maximum Gasteiger partial charge on any atom is 0.100 e. The number of hydrogen-bond donors (Lipinski definition) is 2. The minimum Gasteiger partial charge on any atom is -0.514 e. The second-order valence-corrected chi connectivity index (χ2v) is 7.47. The van der Waals surface area contributed by atoms with Gasteiger partial charge in [0.25, 0.3) is 0 Å². The summed E-state index contributed by atoms with van der Waals surface area (Å²) in [6.45, 7) is 5.93. The topological polar surface area (TPSA) is 52.7 Å². The van der Waals surface area contributed by atoms with Crippen LogP contribution in [-0.2, 0) is 13.0 Å². The van der Waals surface area contributed by atoms with Crippen molar-refractivity contribution in [3.05, 3.63) is 70.4 Å². The van der Waals surface area contributed by atoms with Crippen molar-refractivity contribution < 1.29 is 5.11 Å². The number of para-hydroxylation sites is 1. The molecule has 25 heavy (non-hydrogen) atoms. The summed E-state index contributed by atoms with van der Waals surface area (Å²) in [5.41, 5.74) is 13.1. The molecule has 1 aromatic carbocycles. The third kappa shape index (κ3) is 2.83. The highest BCUT2D eigenvalue weighted by atomic mass is 32.1. The fraction of sp³-hybridized carbons (Fsp3) is 0.300. The Labute approximate surface area is 152 Å². The fourth-order valence-corrected chi connectivity index (χ4v) is 4.53. The minimum atomic E-state index is -0.201. The van der Waals surface area contributed by atoms with Crippen molar-refractivity contribution in [2.75, 3.05) is 16.3 Å². The predicted molar refractivity (Wildman–Crippen MR) is 105 cm³/mol.